The second-order valence-electron chi connectivity index (χ2n) is 7.19. The Kier molecular flexibility index (Phi) is 8.94. The first-order valence-corrected chi connectivity index (χ1v) is 9.97. The van der Waals surface area contributed by atoms with Crippen LogP contribution < -0.4 is 19.9 Å². The van der Waals surface area contributed by atoms with Gasteiger partial charge >= 0.3 is 5.97 Å². The summed E-state index contributed by atoms with van der Waals surface area (Å²) in [5.74, 6) is 0.946. The average Bonchev–Trinajstić information content (AvgIpc) is 2.73. The largest absolute Gasteiger partial charge is 0.493 e. The lowest BCUT2D eigenvalue weighted by molar-refractivity contribution is -0.138. The van der Waals surface area contributed by atoms with Gasteiger partial charge in [-0.25, -0.2) is 4.79 Å². The lowest BCUT2D eigenvalue weighted by atomic mass is 9.98. The van der Waals surface area contributed by atoms with Crippen LogP contribution in [0.1, 0.15) is 36.5 Å². The molecule has 0 saturated heterocycles. The summed E-state index contributed by atoms with van der Waals surface area (Å²) < 4.78 is 21.3. The summed E-state index contributed by atoms with van der Waals surface area (Å²) >= 11 is 0. The molecular formula is C24H29NO6. The summed E-state index contributed by atoms with van der Waals surface area (Å²) in [6.07, 6.45) is 2.91. The van der Waals surface area contributed by atoms with E-state index in [-0.39, 0.29) is 19.8 Å². The Morgan fingerprint density at radius 2 is 1.81 bits per heavy atom. The number of amides is 1. The molecule has 0 radical (unpaired) electrons. The average molecular weight is 427 g/mol. The number of methoxy groups -OCH3 is 1. The van der Waals surface area contributed by atoms with E-state index in [4.69, 9.17) is 24.7 Å². The van der Waals surface area contributed by atoms with Crippen LogP contribution in [0.25, 0.3) is 6.08 Å². The number of esters is 1. The zero-order valence-corrected chi connectivity index (χ0v) is 18.3. The highest BCUT2D eigenvalue weighted by Gasteiger charge is 2.07. The molecule has 7 heteroatoms. The fraction of sp³-hybridized carbons (Fsp3) is 0.333. The first-order valence-electron chi connectivity index (χ1n) is 9.97. The van der Waals surface area contributed by atoms with E-state index in [0.717, 1.165) is 5.75 Å². The van der Waals surface area contributed by atoms with Gasteiger partial charge in [0.1, 0.15) is 19.0 Å². The molecular weight excluding hydrogens is 398 g/mol. The predicted octanol–water partition coefficient (Wildman–Crippen LogP) is 3.63. The van der Waals surface area contributed by atoms with Gasteiger partial charge in [-0.15, -0.1) is 0 Å². The summed E-state index contributed by atoms with van der Waals surface area (Å²) in [6.45, 7) is 6.51. The Bertz CT molecular complexity index is 936. The van der Waals surface area contributed by atoms with E-state index in [1.807, 2.05) is 12.1 Å². The molecule has 0 aliphatic heterocycles. The number of benzene rings is 2. The van der Waals surface area contributed by atoms with Crippen molar-refractivity contribution in [3.63, 3.8) is 0 Å². The third kappa shape index (κ3) is 7.70. The van der Waals surface area contributed by atoms with Crippen molar-refractivity contribution in [3.05, 3.63) is 59.2 Å². The Labute approximate surface area is 182 Å². The van der Waals surface area contributed by atoms with Gasteiger partial charge in [0.25, 0.3) is 5.91 Å². The predicted molar refractivity (Wildman–Crippen MR) is 118 cm³/mol. The SMILES string of the molecule is COc1cc(/C=C/C(=O)OCCOc2ccc(C(C)C)c(C)c2)ccc1OCC(N)=O. The summed E-state index contributed by atoms with van der Waals surface area (Å²) in [6, 6.07) is 11.0. The van der Waals surface area contributed by atoms with Gasteiger partial charge in [0.05, 0.1) is 7.11 Å². The first-order chi connectivity index (χ1) is 14.8. The third-order valence-electron chi connectivity index (χ3n) is 4.43. The topological polar surface area (TPSA) is 97.1 Å². The van der Waals surface area contributed by atoms with Crippen LogP contribution >= 0.6 is 0 Å². The van der Waals surface area contributed by atoms with Gasteiger partial charge in [-0.2, -0.15) is 0 Å². The molecule has 0 fully saturated rings. The molecule has 1 amide bonds. The molecule has 2 aromatic rings. The highest BCUT2D eigenvalue weighted by atomic mass is 16.6. The number of carbonyl (C=O) groups excluding carboxylic acids is 2. The van der Waals surface area contributed by atoms with E-state index in [0.29, 0.717) is 23.0 Å². The van der Waals surface area contributed by atoms with E-state index in [1.54, 1.807) is 24.3 Å². The summed E-state index contributed by atoms with van der Waals surface area (Å²) in [4.78, 5) is 22.8. The Morgan fingerprint density at radius 1 is 1.03 bits per heavy atom. The molecule has 166 valence electrons. The molecule has 31 heavy (non-hydrogen) atoms. The number of hydrogen-bond donors (Lipinski definition) is 1. The molecule has 0 unspecified atom stereocenters. The monoisotopic (exact) mass is 427 g/mol. The quantitative estimate of drug-likeness (QED) is 0.334. The summed E-state index contributed by atoms with van der Waals surface area (Å²) in [7, 11) is 1.48. The van der Waals surface area contributed by atoms with Crippen molar-refractivity contribution in [2.24, 2.45) is 5.73 Å². The highest BCUT2D eigenvalue weighted by molar-refractivity contribution is 5.87. The van der Waals surface area contributed by atoms with Crippen LogP contribution in [0.4, 0.5) is 0 Å². The Balaban J connectivity index is 1.81. The molecule has 0 heterocycles. The van der Waals surface area contributed by atoms with Crippen molar-refractivity contribution < 1.29 is 28.5 Å². The number of aryl methyl sites for hydroxylation is 1. The molecule has 0 spiro atoms. The highest BCUT2D eigenvalue weighted by Crippen LogP contribution is 2.28. The molecule has 7 nitrogen and oxygen atoms in total. The number of nitrogens with two attached hydrogens (primary N) is 1. The van der Waals surface area contributed by atoms with E-state index in [2.05, 4.69) is 26.8 Å². The maximum atomic E-state index is 11.9. The van der Waals surface area contributed by atoms with Gasteiger partial charge in [0.2, 0.25) is 0 Å². The zero-order chi connectivity index (χ0) is 22.8. The minimum absolute atomic E-state index is 0.136. The van der Waals surface area contributed by atoms with E-state index >= 15 is 0 Å². The fourth-order valence-corrected chi connectivity index (χ4v) is 2.96. The number of hydrogen-bond acceptors (Lipinski definition) is 6. The second-order valence-corrected chi connectivity index (χ2v) is 7.19. The first kappa shape index (κ1) is 23.8. The van der Waals surface area contributed by atoms with E-state index < -0.39 is 11.9 Å². The van der Waals surface area contributed by atoms with Gasteiger partial charge in [-0.3, -0.25) is 4.79 Å². The number of rotatable bonds is 11. The maximum Gasteiger partial charge on any atom is 0.330 e. The molecule has 0 aromatic heterocycles. The van der Waals surface area contributed by atoms with Crippen molar-refractivity contribution in [2.45, 2.75) is 26.7 Å². The van der Waals surface area contributed by atoms with Gasteiger partial charge < -0.3 is 24.7 Å². The number of primary amides is 1. The van der Waals surface area contributed by atoms with Gasteiger partial charge in [-0.1, -0.05) is 26.0 Å². The van der Waals surface area contributed by atoms with Gasteiger partial charge in [-0.05, 0) is 59.9 Å². The van der Waals surface area contributed by atoms with Crippen LogP contribution in [-0.4, -0.2) is 38.8 Å². The van der Waals surface area contributed by atoms with Crippen LogP contribution in [0.15, 0.2) is 42.5 Å². The van der Waals surface area contributed by atoms with Crippen molar-refractivity contribution >= 4 is 18.0 Å². The van der Waals surface area contributed by atoms with Crippen LogP contribution in [0.2, 0.25) is 0 Å². The smallest absolute Gasteiger partial charge is 0.330 e. The van der Waals surface area contributed by atoms with Crippen molar-refractivity contribution in [2.75, 3.05) is 26.9 Å². The van der Waals surface area contributed by atoms with Crippen molar-refractivity contribution in [1.29, 1.82) is 0 Å². The number of ether oxygens (including phenoxy) is 4. The molecule has 0 atom stereocenters. The normalized spacial score (nSPS) is 10.9. The van der Waals surface area contributed by atoms with Crippen LogP contribution in [0, 0.1) is 6.92 Å². The van der Waals surface area contributed by atoms with Crippen LogP contribution in [-0.2, 0) is 14.3 Å². The lowest BCUT2D eigenvalue weighted by Crippen LogP contribution is -2.20. The standard InChI is InChI=1S/C24H29NO6/c1-16(2)20-8-7-19(13-17(20)3)29-11-12-30-24(27)10-6-18-5-9-21(22(14-18)28-4)31-15-23(25)26/h5-10,13-14,16H,11-12,15H2,1-4H3,(H2,25,26)/b10-6+. The molecule has 2 rings (SSSR count). The molecule has 2 aromatic carbocycles. The third-order valence-corrected chi connectivity index (χ3v) is 4.43. The van der Waals surface area contributed by atoms with E-state index in [1.165, 1.54) is 24.3 Å². The molecule has 2 N–H and O–H groups in total. The molecule has 0 bridgehead atoms. The molecule has 0 saturated carbocycles. The van der Waals surface area contributed by atoms with Crippen LogP contribution in [0.3, 0.4) is 0 Å². The van der Waals surface area contributed by atoms with Crippen molar-refractivity contribution in [3.8, 4) is 17.2 Å². The molecule has 0 aliphatic rings. The minimum Gasteiger partial charge on any atom is -0.493 e. The minimum atomic E-state index is -0.583. The zero-order valence-electron chi connectivity index (χ0n) is 18.3. The fourth-order valence-electron chi connectivity index (χ4n) is 2.96. The number of carbonyl (C=O) groups is 2. The summed E-state index contributed by atoms with van der Waals surface area (Å²) in [5, 5.41) is 0. The summed E-state index contributed by atoms with van der Waals surface area (Å²) in [5.41, 5.74) is 8.24. The van der Waals surface area contributed by atoms with Crippen molar-refractivity contribution in [1.82, 2.24) is 0 Å². The molecule has 0 aliphatic carbocycles. The second kappa shape index (κ2) is 11.6. The van der Waals surface area contributed by atoms with Gasteiger partial charge in [0, 0.05) is 6.08 Å². The Morgan fingerprint density at radius 3 is 2.45 bits per heavy atom. The lowest BCUT2D eigenvalue weighted by Gasteiger charge is -2.12. The maximum absolute atomic E-state index is 11.9. The van der Waals surface area contributed by atoms with Crippen LogP contribution in [0.5, 0.6) is 17.2 Å². The Hall–Kier alpha value is -3.48. The van der Waals surface area contributed by atoms with Gasteiger partial charge in [0.15, 0.2) is 18.1 Å². The van der Waals surface area contributed by atoms with E-state index in [9.17, 15) is 9.59 Å².